The smallest absolute Gasteiger partial charge is 0.341 e. The van der Waals surface area contributed by atoms with Gasteiger partial charge in [-0.1, -0.05) is 17.7 Å². The lowest BCUT2D eigenvalue weighted by atomic mass is 10.1. The van der Waals surface area contributed by atoms with E-state index in [-0.39, 0.29) is 23.0 Å². The lowest BCUT2D eigenvalue weighted by molar-refractivity contribution is 0.0531. The van der Waals surface area contributed by atoms with Gasteiger partial charge >= 0.3 is 5.97 Å². The molecule has 1 N–H and O–H groups in total. The lowest BCUT2D eigenvalue weighted by Crippen LogP contribution is -2.04. The SMILES string of the molecule is CCOC(=O)c1c2sc(C(=O)c3ccc(Cl)cc3)c(O)c2n2ccccc12. The summed E-state index contributed by atoms with van der Waals surface area (Å²) in [6.07, 6.45) is 1.74. The predicted molar refractivity (Wildman–Crippen MR) is 105 cm³/mol. The first-order chi connectivity index (χ1) is 13.0. The number of pyridine rings is 1. The van der Waals surface area contributed by atoms with Crippen LogP contribution in [0.4, 0.5) is 0 Å². The quantitative estimate of drug-likeness (QED) is 0.390. The van der Waals surface area contributed by atoms with E-state index >= 15 is 0 Å². The molecule has 4 rings (SSSR count). The van der Waals surface area contributed by atoms with Crippen molar-refractivity contribution in [2.75, 3.05) is 6.61 Å². The Kier molecular flexibility index (Phi) is 4.37. The first kappa shape index (κ1) is 17.6. The van der Waals surface area contributed by atoms with E-state index in [2.05, 4.69) is 0 Å². The topological polar surface area (TPSA) is 68.0 Å². The van der Waals surface area contributed by atoms with Crippen LogP contribution in [-0.4, -0.2) is 27.9 Å². The van der Waals surface area contributed by atoms with Gasteiger partial charge in [0.05, 0.1) is 16.8 Å². The number of thiophene rings is 1. The van der Waals surface area contributed by atoms with Crippen LogP contribution >= 0.6 is 22.9 Å². The van der Waals surface area contributed by atoms with E-state index in [1.165, 1.54) is 0 Å². The number of carbonyl (C=O) groups excluding carboxylic acids is 2. The number of fused-ring (bicyclic) bond motifs is 3. The number of hydrogen-bond acceptors (Lipinski definition) is 5. The summed E-state index contributed by atoms with van der Waals surface area (Å²) < 4.78 is 7.41. The second-order valence-electron chi connectivity index (χ2n) is 5.84. The molecule has 0 saturated heterocycles. The van der Waals surface area contributed by atoms with Crippen LogP contribution in [0.15, 0.2) is 48.7 Å². The minimum absolute atomic E-state index is 0.147. The molecular formula is C20H14ClNO4S. The van der Waals surface area contributed by atoms with Crippen LogP contribution in [0.2, 0.25) is 5.02 Å². The molecule has 3 heterocycles. The second-order valence-corrected chi connectivity index (χ2v) is 7.30. The predicted octanol–water partition coefficient (Wildman–Crippen LogP) is 4.92. The zero-order valence-corrected chi connectivity index (χ0v) is 15.8. The third-order valence-corrected chi connectivity index (χ3v) is 5.67. The van der Waals surface area contributed by atoms with Gasteiger partial charge in [0, 0.05) is 16.8 Å². The van der Waals surface area contributed by atoms with Crippen molar-refractivity contribution < 1.29 is 19.4 Å². The Balaban J connectivity index is 1.96. The molecule has 0 amide bonds. The van der Waals surface area contributed by atoms with Crippen molar-refractivity contribution in [2.24, 2.45) is 0 Å². The fourth-order valence-electron chi connectivity index (χ4n) is 3.05. The highest BCUT2D eigenvalue weighted by Crippen LogP contribution is 2.43. The number of hydrogen-bond donors (Lipinski definition) is 1. The minimum Gasteiger partial charge on any atom is -0.504 e. The fourth-order valence-corrected chi connectivity index (χ4v) is 4.37. The zero-order chi connectivity index (χ0) is 19.1. The number of benzene rings is 1. The summed E-state index contributed by atoms with van der Waals surface area (Å²) in [4.78, 5) is 25.6. The summed E-state index contributed by atoms with van der Waals surface area (Å²) in [7, 11) is 0. The van der Waals surface area contributed by atoms with Crippen LogP contribution in [0.3, 0.4) is 0 Å². The second kappa shape index (κ2) is 6.72. The van der Waals surface area contributed by atoms with Gasteiger partial charge in [0.25, 0.3) is 0 Å². The highest BCUT2D eigenvalue weighted by atomic mass is 35.5. The van der Waals surface area contributed by atoms with E-state index in [1.807, 2.05) is 0 Å². The summed E-state index contributed by atoms with van der Waals surface area (Å²) in [6, 6.07) is 11.8. The molecule has 0 saturated carbocycles. The maximum atomic E-state index is 12.9. The maximum Gasteiger partial charge on any atom is 0.341 e. The number of carbonyl (C=O) groups is 2. The first-order valence-corrected chi connectivity index (χ1v) is 9.44. The number of ketones is 1. The molecule has 0 radical (unpaired) electrons. The molecule has 0 atom stereocenters. The van der Waals surface area contributed by atoms with Crippen molar-refractivity contribution in [1.29, 1.82) is 0 Å². The molecule has 0 unspecified atom stereocenters. The molecule has 3 aromatic heterocycles. The maximum absolute atomic E-state index is 12.9. The summed E-state index contributed by atoms with van der Waals surface area (Å²) in [5.41, 5.74) is 1.81. The van der Waals surface area contributed by atoms with E-state index in [9.17, 15) is 14.7 Å². The Labute approximate surface area is 163 Å². The largest absolute Gasteiger partial charge is 0.504 e. The van der Waals surface area contributed by atoms with Gasteiger partial charge in [-0.05, 0) is 43.3 Å². The van der Waals surface area contributed by atoms with Gasteiger partial charge in [-0.3, -0.25) is 4.79 Å². The number of esters is 1. The van der Waals surface area contributed by atoms with Gasteiger partial charge in [0.1, 0.15) is 16.0 Å². The molecule has 4 aromatic rings. The minimum atomic E-state index is -0.483. The Morgan fingerprint density at radius 2 is 1.93 bits per heavy atom. The van der Waals surface area contributed by atoms with Crippen molar-refractivity contribution in [3.63, 3.8) is 0 Å². The average Bonchev–Trinajstić information content (AvgIpc) is 3.16. The van der Waals surface area contributed by atoms with E-state index in [0.29, 0.717) is 31.9 Å². The van der Waals surface area contributed by atoms with Crippen LogP contribution in [0.5, 0.6) is 5.75 Å². The molecule has 5 nitrogen and oxygen atoms in total. The monoisotopic (exact) mass is 399 g/mol. The highest BCUT2D eigenvalue weighted by Gasteiger charge is 2.28. The average molecular weight is 400 g/mol. The van der Waals surface area contributed by atoms with E-state index < -0.39 is 5.97 Å². The van der Waals surface area contributed by atoms with E-state index in [0.717, 1.165) is 11.3 Å². The molecule has 0 aliphatic heterocycles. The zero-order valence-electron chi connectivity index (χ0n) is 14.2. The standard InChI is InChI=1S/C20H14ClNO4S/c1-2-26-20(25)14-13-5-3-4-10-22(13)15-17(24)19(27-18(14)15)16(23)11-6-8-12(21)9-7-11/h3-10,24H,2H2,1H3. The summed E-state index contributed by atoms with van der Waals surface area (Å²) in [5.74, 6) is -0.959. The Morgan fingerprint density at radius 3 is 2.63 bits per heavy atom. The van der Waals surface area contributed by atoms with Crippen LogP contribution in [0.1, 0.15) is 32.5 Å². The van der Waals surface area contributed by atoms with Crippen LogP contribution in [0.25, 0.3) is 15.7 Å². The van der Waals surface area contributed by atoms with Gasteiger partial charge < -0.3 is 14.2 Å². The number of aromatic nitrogens is 1. The van der Waals surface area contributed by atoms with Crippen molar-refractivity contribution >= 4 is 50.4 Å². The summed E-state index contributed by atoms with van der Waals surface area (Å²) >= 11 is 6.96. The highest BCUT2D eigenvalue weighted by molar-refractivity contribution is 7.22. The number of aromatic hydroxyl groups is 1. The molecule has 0 spiro atoms. The van der Waals surface area contributed by atoms with E-state index in [4.69, 9.17) is 16.3 Å². The van der Waals surface area contributed by atoms with Crippen molar-refractivity contribution in [3.05, 3.63) is 69.7 Å². The van der Waals surface area contributed by atoms with Gasteiger partial charge in [0.2, 0.25) is 5.78 Å². The summed E-state index contributed by atoms with van der Waals surface area (Å²) in [5, 5.41) is 11.3. The molecule has 7 heteroatoms. The molecule has 0 aliphatic carbocycles. The Hall–Kier alpha value is -2.83. The lowest BCUT2D eigenvalue weighted by Gasteiger charge is -2.03. The molecule has 1 aromatic carbocycles. The summed E-state index contributed by atoms with van der Waals surface area (Å²) in [6.45, 7) is 1.97. The van der Waals surface area contributed by atoms with Gasteiger partial charge in [0.15, 0.2) is 5.75 Å². The van der Waals surface area contributed by atoms with Gasteiger partial charge in [-0.2, -0.15) is 0 Å². The van der Waals surface area contributed by atoms with Gasteiger partial charge in [-0.25, -0.2) is 4.79 Å². The van der Waals surface area contributed by atoms with Crippen molar-refractivity contribution in [1.82, 2.24) is 4.40 Å². The first-order valence-electron chi connectivity index (χ1n) is 8.24. The molecule has 0 aliphatic rings. The fraction of sp³-hybridized carbons (Fsp3) is 0.100. The third kappa shape index (κ3) is 2.78. The van der Waals surface area contributed by atoms with Crippen molar-refractivity contribution in [3.8, 4) is 5.75 Å². The van der Waals surface area contributed by atoms with E-state index in [1.54, 1.807) is 60.0 Å². The molecular weight excluding hydrogens is 386 g/mol. The number of ether oxygens (including phenoxy) is 1. The van der Waals surface area contributed by atoms with Crippen LogP contribution in [-0.2, 0) is 4.74 Å². The van der Waals surface area contributed by atoms with Crippen LogP contribution < -0.4 is 0 Å². The molecule has 0 fully saturated rings. The normalized spacial score (nSPS) is 11.2. The Bertz CT molecular complexity index is 1190. The molecule has 136 valence electrons. The van der Waals surface area contributed by atoms with Crippen molar-refractivity contribution in [2.45, 2.75) is 6.92 Å². The number of nitrogens with zero attached hydrogens (tertiary/aromatic N) is 1. The Morgan fingerprint density at radius 1 is 1.19 bits per heavy atom. The number of rotatable bonds is 4. The number of halogens is 1. The third-order valence-electron chi connectivity index (χ3n) is 4.23. The van der Waals surface area contributed by atoms with Crippen LogP contribution in [0, 0.1) is 0 Å². The van der Waals surface area contributed by atoms with Gasteiger partial charge in [-0.15, -0.1) is 11.3 Å². The molecule has 0 bridgehead atoms. The molecule has 27 heavy (non-hydrogen) atoms.